The molecule has 0 saturated carbocycles. The van der Waals surface area contributed by atoms with Gasteiger partial charge in [0.15, 0.2) is 0 Å². The molecule has 0 aromatic carbocycles. The highest BCUT2D eigenvalue weighted by Gasteiger charge is 2.24. The van der Waals surface area contributed by atoms with Crippen LogP contribution in [0, 0.1) is 6.92 Å². The largest absolute Gasteiger partial charge is 0.460 e. The normalized spacial score (nSPS) is 11.0. The Bertz CT molecular complexity index is 583. The fourth-order valence-electron chi connectivity index (χ4n) is 1.76. The number of thiophene rings is 1. The van der Waals surface area contributed by atoms with Crippen molar-refractivity contribution in [3.05, 3.63) is 28.5 Å². The van der Waals surface area contributed by atoms with Gasteiger partial charge in [0.1, 0.15) is 0 Å². The second kappa shape index (κ2) is 5.57. The summed E-state index contributed by atoms with van der Waals surface area (Å²) in [6, 6.07) is 2.00. The van der Waals surface area contributed by atoms with Gasteiger partial charge in [-0.05, 0) is 36.8 Å². The molecule has 0 atom stereocenters. The predicted molar refractivity (Wildman–Crippen MR) is 74.6 cm³/mol. The van der Waals surface area contributed by atoms with Crippen molar-refractivity contribution in [3.63, 3.8) is 0 Å². The molecule has 0 N–H and O–H groups in total. The van der Waals surface area contributed by atoms with Crippen molar-refractivity contribution in [1.82, 2.24) is 4.98 Å². The molecule has 5 heteroatoms. The molecule has 0 unspecified atom stereocenters. The number of hydrogen-bond donors (Lipinski definition) is 0. The molecule has 2 rings (SSSR count). The SMILES string of the molecule is CCOC(=O)c1oc(-c2sccc2C)nc1C(C)C. The number of carbonyl (C=O) groups is 1. The standard InChI is InChI=1S/C14H17NO3S/c1-5-17-14(16)11-10(8(2)3)15-13(18-11)12-9(4)6-7-19-12/h6-8H,5H2,1-4H3. The van der Waals surface area contributed by atoms with Crippen molar-refractivity contribution in [2.45, 2.75) is 33.6 Å². The Balaban J connectivity index is 2.46. The number of ether oxygens (including phenoxy) is 1. The maximum absolute atomic E-state index is 11.9. The second-order valence-corrected chi connectivity index (χ2v) is 5.46. The van der Waals surface area contributed by atoms with Gasteiger partial charge in [-0.25, -0.2) is 9.78 Å². The number of rotatable bonds is 4. The number of esters is 1. The van der Waals surface area contributed by atoms with Crippen LogP contribution in [-0.2, 0) is 4.74 Å². The summed E-state index contributed by atoms with van der Waals surface area (Å²) >= 11 is 1.55. The van der Waals surface area contributed by atoms with Crippen molar-refractivity contribution in [2.75, 3.05) is 6.61 Å². The van der Waals surface area contributed by atoms with Crippen LogP contribution in [0.25, 0.3) is 10.8 Å². The lowest BCUT2D eigenvalue weighted by Crippen LogP contribution is -2.07. The van der Waals surface area contributed by atoms with E-state index in [-0.39, 0.29) is 11.7 Å². The first-order chi connectivity index (χ1) is 9.04. The van der Waals surface area contributed by atoms with Crippen molar-refractivity contribution in [1.29, 1.82) is 0 Å². The van der Waals surface area contributed by atoms with E-state index in [1.165, 1.54) is 0 Å². The van der Waals surface area contributed by atoms with Crippen LogP contribution < -0.4 is 0 Å². The summed E-state index contributed by atoms with van der Waals surface area (Å²) < 4.78 is 10.7. The lowest BCUT2D eigenvalue weighted by molar-refractivity contribution is 0.0488. The van der Waals surface area contributed by atoms with E-state index in [1.54, 1.807) is 18.3 Å². The molecule has 0 aliphatic rings. The Morgan fingerprint density at radius 3 is 2.79 bits per heavy atom. The molecule has 2 aromatic rings. The summed E-state index contributed by atoms with van der Waals surface area (Å²) in [6.07, 6.45) is 0. The van der Waals surface area contributed by atoms with Gasteiger partial charge in [0.25, 0.3) is 0 Å². The maximum atomic E-state index is 11.9. The van der Waals surface area contributed by atoms with E-state index in [9.17, 15) is 4.79 Å². The average Bonchev–Trinajstić information content (AvgIpc) is 2.94. The summed E-state index contributed by atoms with van der Waals surface area (Å²) in [4.78, 5) is 17.3. The molecule has 0 saturated heterocycles. The van der Waals surface area contributed by atoms with E-state index in [2.05, 4.69) is 4.98 Å². The van der Waals surface area contributed by atoms with E-state index in [4.69, 9.17) is 9.15 Å². The van der Waals surface area contributed by atoms with Crippen LogP contribution >= 0.6 is 11.3 Å². The van der Waals surface area contributed by atoms with Gasteiger partial charge in [0.05, 0.1) is 17.2 Å². The van der Waals surface area contributed by atoms with Crippen molar-refractivity contribution in [3.8, 4) is 10.8 Å². The Labute approximate surface area is 116 Å². The molecule has 102 valence electrons. The zero-order valence-corrected chi connectivity index (χ0v) is 12.3. The summed E-state index contributed by atoms with van der Waals surface area (Å²) in [5.74, 6) is 0.384. The second-order valence-electron chi connectivity index (χ2n) is 4.54. The van der Waals surface area contributed by atoms with E-state index in [0.717, 1.165) is 10.4 Å². The first kappa shape index (κ1) is 13.8. The Kier molecular flexibility index (Phi) is 4.04. The van der Waals surface area contributed by atoms with Crippen LogP contribution in [0.2, 0.25) is 0 Å². The minimum absolute atomic E-state index is 0.108. The number of aryl methyl sites for hydroxylation is 1. The maximum Gasteiger partial charge on any atom is 0.376 e. The molecular weight excluding hydrogens is 262 g/mol. The minimum Gasteiger partial charge on any atom is -0.460 e. The molecule has 0 amide bonds. The van der Waals surface area contributed by atoms with Crippen LogP contribution in [0.15, 0.2) is 15.9 Å². The molecule has 0 spiro atoms. The van der Waals surface area contributed by atoms with Gasteiger partial charge in [-0.15, -0.1) is 11.3 Å². The van der Waals surface area contributed by atoms with Crippen molar-refractivity contribution in [2.24, 2.45) is 0 Å². The zero-order chi connectivity index (χ0) is 14.0. The first-order valence-corrected chi connectivity index (χ1v) is 7.14. The lowest BCUT2D eigenvalue weighted by atomic mass is 10.1. The topological polar surface area (TPSA) is 52.3 Å². The molecule has 0 radical (unpaired) electrons. The first-order valence-electron chi connectivity index (χ1n) is 6.26. The van der Waals surface area contributed by atoms with Crippen LogP contribution in [0.4, 0.5) is 0 Å². The van der Waals surface area contributed by atoms with E-state index in [0.29, 0.717) is 18.2 Å². The van der Waals surface area contributed by atoms with Gasteiger partial charge in [0.2, 0.25) is 11.7 Å². The highest BCUT2D eigenvalue weighted by molar-refractivity contribution is 7.13. The molecule has 4 nitrogen and oxygen atoms in total. The van der Waals surface area contributed by atoms with Gasteiger partial charge in [-0.3, -0.25) is 0 Å². The third-order valence-corrected chi connectivity index (χ3v) is 3.72. The monoisotopic (exact) mass is 279 g/mol. The Morgan fingerprint density at radius 2 is 2.26 bits per heavy atom. The molecule has 2 heterocycles. The number of oxazole rings is 1. The summed E-state index contributed by atoms with van der Waals surface area (Å²) in [5, 5.41) is 1.98. The lowest BCUT2D eigenvalue weighted by Gasteiger charge is -2.02. The van der Waals surface area contributed by atoms with Crippen LogP contribution in [0.5, 0.6) is 0 Å². The smallest absolute Gasteiger partial charge is 0.376 e. The van der Waals surface area contributed by atoms with Crippen LogP contribution in [0.3, 0.4) is 0 Å². The number of aromatic nitrogens is 1. The highest BCUT2D eigenvalue weighted by atomic mass is 32.1. The number of nitrogens with zero attached hydrogens (tertiary/aromatic N) is 1. The minimum atomic E-state index is -0.445. The van der Waals surface area contributed by atoms with Gasteiger partial charge >= 0.3 is 5.97 Å². The third kappa shape index (κ3) is 2.71. The fourth-order valence-corrected chi connectivity index (χ4v) is 2.61. The van der Waals surface area contributed by atoms with E-state index < -0.39 is 5.97 Å². The van der Waals surface area contributed by atoms with E-state index in [1.807, 2.05) is 32.2 Å². The fraction of sp³-hybridized carbons (Fsp3) is 0.429. The highest BCUT2D eigenvalue weighted by Crippen LogP contribution is 2.32. The van der Waals surface area contributed by atoms with E-state index >= 15 is 0 Å². The predicted octanol–water partition coefficient (Wildman–Crippen LogP) is 4.01. The summed E-state index contributed by atoms with van der Waals surface area (Å²) in [7, 11) is 0. The van der Waals surface area contributed by atoms with Gasteiger partial charge in [-0.2, -0.15) is 0 Å². The van der Waals surface area contributed by atoms with Crippen molar-refractivity contribution >= 4 is 17.3 Å². The van der Waals surface area contributed by atoms with Crippen LogP contribution in [0.1, 0.15) is 48.5 Å². The number of hydrogen-bond acceptors (Lipinski definition) is 5. The molecular formula is C14H17NO3S. The summed E-state index contributed by atoms with van der Waals surface area (Å²) in [6.45, 7) is 8.05. The Morgan fingerprint density at radius 1 is 1.53 bits per heavy atom. The zero-order valence-electron chi connectivity index (χ0n) is 11.5. The van der Waals surface area contributed by atoms with Gasteiger partial charge < -0.3 is 9.15 Å². The third-order valence-electron chi connectivity index (χ3n) is 2.72. The van der Waals surface area contributed by atoms with Gasteiger partial charge in [0, 0.05) is 0 Å². The Hall–Kier alpha value is -1.62. The molecule has 0 aliphatic carbocycles. The van der Waals surface area contributed by atoms with Crippen molar-refractivity contribution < 1.29 is 13.9 Å². The molecule has 0 aliphatic heterocycles. The van der Waals surface area contributed by atoms with Gasteiger partial charge in [-0.1, -0.05) is 13.8 Å². The number of carbonyl (C=O) groups excluding carboxylic acids is 1. The molecule has 0 bridgehead atoms. The quantitative estimate of drug-likeness (QED) is 0.793. The van der Waals surface area contributed by atoms with Crippen LogP contribution in [-0.4, -0.2) is 17.6 Å². The molecule has 0 fully saturated rings. The summed E-state index contributed by atoms with van der Waals surface area (Å²) in [5.41, 5.74) is 1.75. The molecule has 2 aromatic heterocycles. The molecule has 19 heavy (non-hydrogen) atoms. The average molecular weight is 279 g/mol.